The molecule has 11 heteroatoms. The fraction of sp³-hybridized carbons (Fsp3) is 0.0435. The molecule has 8 nitrogen and oxygen atoms in total. The first kappa shape index (κ1) is 23.4. The van der Waals surface area contributed by atoms with E-state index in [1.807, 2.05) is 0 Å². The van der Waals surface area contributed by atoms with Crippen LogP contribution in [0, 0.1) is 5.82 Å². The fourth-order valence-electron chi connectivity index (χ4n) is 3.09. The second kappa shape index (κ2) is 10.0. The lowest BCUT2D eigenvalue weighted by Crippen LogP contribution is -2.32. The molecule has 0 unspecified atom stereocenters. The van der Waals surface area contributed by atoms with E-state index >= 15 is 0 Å². The van der Waals surface area contributed by atoms with Gasteiger partial charge < -0.3 is 15.0 Å². The number of carbonyl (C=O) groups is 1. The second-order valence-electron chi connectivity index (χ2n) is 6.96. The Morgan fingerprint density at radius 3 is 2.71 bits per heavy atom. The summed E-state index contributed by atoms with van der Waals surface area (Å²) in [6, 6.07) is 15.3. The number of rotatable bonds is 6. The molecule has 34 heavy (non-hydrogen) atoms. The Morgan fingerprint density at radius 2 is 1.91 bits per heavy atom. The molecule has 0 saturated heterocycles. The number of aromatic nitrogens is 2. The summed E-state index contributed by atoms with van der Waals surface area (Å²) >= 11 is 9.44. The molecule has 4 rings (SSSR count). The molecule has 2 N–H and O–H groups in total. The van der Waals surface area contributed by atoms with E-state index in [0.717, 1.165) is 0 Å². The summed E-state index contributed by atoms with van der Waals surface area (Å²) in [5, 5.41) is 7.02. The molecule has 3 aromatic carbocycles. The Labute approximate surface area is 204 Å². The molecule has 0 fully saturated rings. The standard InChI is InChI=1S/C23H15BrClFN4O4/c24-16-10-14(25)9-13(21(16)34-12-20(31)28-19-8-4-2-6-17(19)26)11-27-30-22(32)15-5-1-3-7-18(15)29-23(30)33/h1-11H,12H2,(H,28,31)(H,29,33). The quantitative estimate of drug-likeness (QED) is 0.355. The van der Waals surface area contributed by atoms with Crippen molar-refractivity contribution in [2.24, 2.45) is 5.10 Å². The summed E-state index contributed by atoms with van der Waals surface area (Å²) in [5.41, 5.74) is -0.643. The Hall–Kier alpha value is -3.76. The van der Waals surface area contributed by atoms with Crippen molar-refractivity contribution in [1.29, 1.82) is 0 Å². The SMILES string of the molecule is O=C(COc1c(Br)cc(Cl)cc1C=Nn1c(=O)[nH]c2ccccc2c1=O)Nc1ccccc1F. The van der Waals surface area contributed by atoms with Gasteiger partial charge in [0.05, 0.1) is 27.3 Å². The summed E-state index contributed by atoms with van der Waals surface area (Å²) in [6.07, 6.45) is 1.21. The molecule has 1 heterocycles. The minimum atomic E-state index is -0.729. The van der Waals surface area contributed by atoms with Crippen LogP contribution in [0.2, 0.25) is 5.02 Å². The minimum Gasteiger partial charge on any atom is -0.482 e. The van der Waals surface area contributed by atoms with Gasteiger partial charge in [-0.3, -0.25) is 9.59 Å². The number of anilines is 1. The Kier molecular flexibility index (Phi) is 6.90. The molecular formula is C23H15BrClFN4O4. The molecule has 1 amide bonds. The molecule has 0 aliphatic rings. The van der Waals surface area contributed by atoms with Crippen molar-refractivity contribution in [3.05, 3.63) is 102 Å². The number of fused-ring (bicyclic) bond motifs is 1. The maximum atomic E-state index is 13.8. The number of aromatic amines is 1. The van der Waals surface area contributed by atoms with Crippen molar-refractivity contribution < 1.29 is 13.9 Å². The van der Waals surface area contributed by atoms with Crippen molar-refractivity contribution in [2.45, 2.75) is 0 Å². The van der Waals surface area contributed by atoms with Crippen molar-refractivity contribution in [2.75, 3.05) is 11.9 Å². The zero-order chi connectivity index (χ0) is 24.2. The number of H-pyrrole nitrogens is 1. The number of carbonyl (C=O) groups excluding carboxylic acids is 1. The van der Waals surface area contributed by atoms with E-state index in [1.54, 1.807) is 30.3 Å². The van der Waals surface area contributed by atoms with Crippen LogP contribution >= 0.6 is 27.5 Å². The number of benzene rings is 3. The molecule has 0 spiro atoms. The number of nitrogens with zero attached hydrogens (tertiary/aromatic N) is 2. The lowest BCUT2D eigenvalue weighted by Gasteiger charge is -2.12. The van der Waals surface area contributed by atoms with Crippen LogP contribution in [-0.4, -0.2) is 28.4 Å². The molecule has 0 atom stereocenters. The van der Waals surface area contributed by atoms with Gasteiger partial charge in [0.25, 0.3) is 11.5 Å². The van der Waals surface area contributed by atoms with Gasteiger partial charge >= 0.3 is 5.69 Å². The number of para-hydroxylation sites is 2. The van der Waals surface area contributed by atoms with Crippen LogP contribution < -0.4 is 21.3 Å². The van der Waals surface area contributed by atoms with Crippen molar-refractivity contribution in [3.8, 4) is 5.75 Å². The molecule has 1 aromatic heterocycles. The summed E-state index contributed by atoms with van der Waals surface area (Å²) in [4.78, 5) is 39.9. The predicted octanol–water partition coefficient (Wildman–Crippen LogP) is 4.14. The number of amides is 1. The lowest BCUT2D eigenvalue weighted by molar-refractivity contribution is -0.118. The minimum absolute atomic E-state index is 0.0166. The highest BCUT2D eigenvalue weighted by Crippen LogP contribution is 2.32. The average molecular weight is 546 g/mol. The maximum absolute atomic E-state index is 13.8. The van der Waals surface area contributed by atoms with E-state index in [-0.39, 0.29) is 22.4 Å². The van der Waals surface area contributed by atoms with Crippen LogP contribution in [0.1, 0.15) is 5.56 Å². The summed E-state index contributed by atoms with van der Waals surface area (Å²) in [5.74, 6) is -0.999. The Morgan fingerprint density at radius 1 is 1.18 bits per heavy atom. The fourth-order valence-corrected chi connectivity index (χ4v) is 4.04. The number of ether oxygens (including phenoxy) is 1. The van der Waals surface area contributed by atoms with Crippen LogP contribution in [-0.2, 0) is 4.79 Å². The van der Waals surface area contributed by atoms with Crippen molar-refractivity contribution in [3.63, 3.8) is 0 Å². The number of halogens is 3. The van der Waals surface area contributed by atoms with E-state index in [4.69, 9.17) is 16.3 Å². The van der Waals surface area contributed by atoms with Crippen LogP contribution in [0.25, 0.3) is 10.9 Å². The van der Waals surface area contributed by atoms with E-state index < -0.39 is 29.6 Å². The number of hydrogen-bond donors (Lipinski definition) is 2. The topological polar surface area (TPSA) is 106 Å². The van der Waals surface area contributed by atoms with Gasteiger partial charge in [-0.15, -0.1) is 4.68 Å². The Balaban J connectivity index is 1.61. The highest BCUT2D eigenvalue weighted by atomic mass is 79.9. The average Bonchev–Trinajstić information content (AvgIpc) is 2.79. The number of nitrogens with one attached hydrogen (secondary N) is 2. The number of hydrogen-bond acceptors (Lipinski definition) is 5. The van der Waals surface area contributed by atoms with Crippen LogP contribution in [0.15, 0.2) is 79.8 Å². The molecule has 0 bridgehead atoms. The second-order valence-corrected chi connectivity index (χ2v) is 8.25. The van der Waals surface area contributed by atoms with Gasteiger partial charge in [0, 0.05) is 10.6 Å². The third-order valence-corrected chi connectivity index (χ3v) is 5.44. The van der Waals surface area contributed by atoms with Gasteiger partial charge in [0.2, 0.25) is 0 Å². The summed E-state index contributed by atoms with van der Waals surface area (Å²) < 4.78 is 20.4. The van der Waals surface area contributed by atoms with Crippen molar-refractivity contribution in [1.82, 2.24) is 9.66 Å². The molecule has 0 aliphatic heterocycles. The van der Waals surface area contributed by atoms with Gasteiger partial charge in [0.1, 0.15) is 11.6 Å². The normalized spacial score (nSPS) is 11.1. The third kappa shape index (κ3) is 5.08. The molecule has 0 aliphatic carbocycles. The van der Waals surface area contributed by atoms with Gasteiger partial charge in [-0.25, -0.2) is 9.18 Å². The zero-order valence-electron chi connectivity index (χ0n) is 17.2. The molecule has 172 valence electrons. The first-order valence-corrected chi connectivity index (χ1v) is 11.0. The summed E-state index contributed by atoms with van der Waals surface area (Å²) in [6.45, 7) is -0.452. The first-order chi connectivity index (χ1) is 16.3. The van der Waals surface area contributed by atoms with Gasteiger partial charge in [0.15, 0.2) is 6.61 Å². The summed E-state index contributed by atoms with van der Waals surface area (Å²) in [7, 11) is 0. The molecular weight excluding hydrogens is 531 g/mol. The van der Waals surface area contributed by atoms with E-state index in [0.29, 0.717) is 19.7 Å². The van der Waals surface area contributed by atoms with Crippen LogP contribution in [0.3, 0.4) is 0 Å². The highest BCUT2D eigenvalue weighted by Gasteiger charge is 2.13. The van der Waals surface area contributed by atoms with Gasteiger partial charge in [-0.05, 0) is 52.3 Å². The predicted molar refractivity (Wildman–Crippen MR) is 131 cm³/mol. The smallest absolute Gasteiger partial charge is 0.349 e. The largest absolute Gasteiger partial charge is 0.482 e. The van der Waals surface area contributed by atoms with Gasteiger partial charge in [-0.2, -0.15) is 5.10 Å². The third-order valence-electron chi connectivity index (χ3n) is 4.63. The molecule has 4 aromatic rings. The van der Waals surface area contributed by atoms with Crippen LogP contribution in [0.4, 0.5) is 10.1 Å². The highest BCUT2D eigenvalue weighted by molar-refractivity contribution is 9.10. The van der Waals surface area contributed by atoms with Crippen LogP contribution in [0.5, 0.6) is 5.75 Å². The Bertz CT molecular complexity index is 1550. The van der Waals surface area contributed by atoms with E-state index in [2.05, 4.69) is 31.3 Å². The lowest BCUT2D eigenvalue weighted by atomic mass is 10.2. The van der Waals surface area contributed by atoms with E-state index in [9.17, 15) is 18.8 Å². The zero-order valence-corrected chi connectivity index (χ0v) is 19.6. The molecule has 0 saturated carbocycles. The maximum Gasteiger partial charge on any atom is 0.349 e. The monoisotopic (exact) mass is 544 g/mol. The van der Waals surface area contributed by atoms with Crippen molar-refractivity contribution >= 4 is 56.2 Å². The van der Waals surface area contributed by atoms with E-state index in [1.165, 1.54) is 36.5 Å². The molecule has 0 radical (unpaired) electrons. The first-order valence-electron chi connectivity index (χ1n) is 9.78. The van der Waals surface area contributed by atoms with Gasteiger partial charge in [-0.1, -0.05) is 35.9 Å².